The highest BCUT2D eigenvalue weighted by Gasteiger charge is 2.24. The van der Waals surface area contributed by atoms with Crippen molar-refractivity contribution in [3.05, 3.63) is 59.9 Å². The Bertz CT molecular complexity index is 1330. The molecule has 9 nitrogen and oxygen atoms in total. The summed E-state index contributed by atoms with van der Waals surface area (Å²) >= 11 is 0. The molecule has 1 aliphatic heterocycles. The average Bonchev–Trinajstić information content (AvgIpc) is 3.23. The van der Waals surface area contributed by atoms with Crippen LogP contribution in [-0.2, 0) is 9.47 Å². The van der Waals surface area contributed by atoms with Crippen LogP contribution in [0.3, 0.4) is 0 Å². The first-order valence-corrected chi connectivity index (χ1v) is 10.7. The van der Waals surface area contributed by atoms with Gasteiger partial charge in [-0.3, -0.25) is 4.79 Å². The fourth-order valence-electron chi connectivity index (χ4n) is 3.76. The van der Waals surface area contributed by atoms with Crippen LogP contribution < -0.4 is 10.2 Å². The highest BCUT2D eigenvalue weighted by atomic mass is 16.5. The Hall–Kier alpha value is -3.98. The Morgan fingerprint density at radius 3 is 2.58 bits per heavy atom. The minimum atomic E-state index is -0.458. The molecule has 0 saturated carbocycles. The standard InChI is InChI=1S/C24H22N4O5/c1-2-32-24(30)15-7-9-16(10-8-15)25-23(29)21-26-19-17-5-3-4-6-18(17)33-20(19)22(27-21)28-11-13-31-14-12-28/h3-10H,2,11-14H2,1H3,(H,25,29). The van der Waals surface area contributed by atoms with Crippen molar-refractivity contribution in [2.24, 2.45) is 0 Å². The third-order valence-corrected chi connectivity index (χ3v) is 5.37. The number of para-hydroxylation sites is 1. The molecular formula is C24H22N4O5. The van der Waals surface area contributed by atoms with E-state index in [4.69, 9.17) is 13.9 Å². The van der Waals surface area contributed by atoms with Gasteiger partial charge in [-0.15, -0.1) is 0 Å². The molecule has 0 atom stereocenters. The first-order valence-electron chi connectivity index (χ1n) is 10.7. The molecule has 0 radical (unpaired) electrons. The fraction of sp³-hybridized carbons (Fsp3) is 0.250. The number of rotatable bonds is 5. The van der Waals surface area contributed by atoms with E-state index < -0.39 is 11.9 Å². The number of furan rings is 1. The molecule has 1 N–H and O–H groups in total. The molecule has 0 unspecified atom stereocenters. The van der Waals surface area contributed by atoms with Crippen molar-refractivity contribution in [1.82, 2.24) is 9.97 Å². The fourth-order valence-corrected chi connectivity index (χ4v) is 3.76. The number of nitrogens with zero attached hydrogens (tertiary/aromatic N) is 3. The van der Waals surface area contributed by atoms with Gasteiger partial charge in [0, 0.05) is 24.2 Å². The number of morpholine rings is 1. The molecule has 1 amide bonds. The molecule has 0 bridgehead atoms. The zero-order chi connectivity index (χ0) is 22.8. The number of hydrogen-bond donors (Lipinski definition) is 1. The molecule has 1 fully saturated rings. The smallest absolute Gasteiger partial charge is 0.338 e. The van der Waals surface area contributed by atoms with Crippen LogP contribution in [0.5, 0.6) is 0 Å². The molecule has 33 heavy (non-hydrogen) atoms. The Kier molecular flexibility index (Phi) is 5.62. The van der Waals surface area contributed by atoms with Gasteiger partial charge in [-0.05, 0) is 43.3 Å². The van der Waals surface area contributed by atoms with Crippen LogP contribution >= 0.6 is 0 Å². The predicted molar refractivity (Wildman–Crippen MR) is 123 cm³/mol. The molecule has 5 rings (SSSR count). The molecule has 2 aromatic carbocycles. The van der Waals surface area contributed by atoms with Crippen molar-refractivity contribution in [3.63, 3.8) is 0 Å². The summed E-state index contributed by atoms with van der Waals surface area (Å²) in [7, 11) is 0. The van der Waals surface area contributed by atoms with Crippen LogP contribution in [0.25, 0.3) is 22.1 Å². The second kappa shape index (κ2) is 8.87. The molecular weight excluding hydrogens is 424 g/mol. The van der Waals surface area contributed by atoms with E-state index in [0.29, 0.717) is 66.7 Å². The van der Waals surface area contributed by atoms with Crippen molar-refractivity contribution in [2.45, 2.75) is 6.92 Å². The quantitative estimate of drug-likeness (QED) is 0.463. The summed E-state index contributed by atoms with van der Waals surface area (Å²) in [4.78, 5) is 36.1. The van der Waals surface area contributed by atoms with Crippen LogP contribution in [0.1, 0.15) is 27.9 Å². The molecule has 1 aliphatic rings. The number of esters is 1. The average molecular weight is 446 g/mol. The molecule has 0 spiro atoms. The van der Waals surface area contributed by atoms with Crippen LogP contribution in [-0.4, -0.2) is 54.8 Å². The van der Waals surface area contributed by atoms with Gasteiger partial charge in [0.2, 0.25) is 5.82 Å². The second-order valence-electron chi connectivity index (χ2n) is 7.50. The number of carbonyl (C=O) groups excluding carboxylic acids is 2. The van der Waals surface area contributed by atoms with Gasteiger partial charge in [-0.2, -0.15) is 0 Å². The highest BCUT2D eigenvalue weighted by molar-refractivity contribution is 6.09. The lowest BCUT2D eigenvalue weighted by Crippen LogP contribution is -2.37. The summed E-state index contributed by atoms with van der Waals surface area (Å²) in [5.41, 5.74) is 2.75. The molecule has 0 aliphatic carbocycles. The highest BCUT2D eigenvalue weighted by Crippen LogP contribution is 2.33. The van der Waals surface area contributed by atoms with Crippen molar-refractivity contribution < 1.29 is 23.5 Å². The molecule has 3 heterocycles. The maximum atomic E-state index is 13.1. The number of ether oxygens (including phenoxy) is 2. The van der Waals surface area contributed by atoms with E-state index in [-0.39, 0.29) is 5.82 Å². The number of benzene rings is 2. The van der Waals surface area contributed by atoms with Crippen LogP contribution in [0.4, 0.5) is 11.5 Å². The summed E-state index contributed by atoms with van der Waals surface area (Å²) in [6.07, 6.45) is 0. The van der Waals surface area contributed by atoms with Gasteiger partial charge in [0.25, 0.3) is 5.91 Å². The number of anilines is 2. The van der Waals surface area contributed by atoms with Crippen molar-refractivity contribution >= 4 is 45.5 Å². The van der Waals surface area contributed by atoms with Gasteiger partial charge in [-0.1, -0.05) is 12.1 Å². The van der Waals surface area contributed by atoms with Crippen LogP contribution in [0, 0.1) is 0 Å². The van der Waals surface area contributed by atoms with E-state index >= 15 is 0 Å². The van der Waals surface area contributed by atoms with E-state index in [0.717, 1.165) is 5.39 Å². The summed E-state index contributed by atoms with van der Waals surface area (Å²) < 4.78 is 16.5. The normalized spacial score (nSPS) is 13.9. The number of nitrogens with one attached hydrogen (secondary N) is 1. The lowest BCUT2D eigenvalue weighted by Gasteiger charge is -2.27. The van der Waals surface area contributed by atoms with Crippen molar-refractivity contribution in [1.29, 1.82) is 0 Å². The minimum Gasteiger partial charge on any atom is -0.462 e. The van der Waals surface area contributed by atoms with Gasteiger partial charge in [0.1, 0.15) is 11.1 Å². The van der Waals surface area contributed by atoms with E-state index in [9.17, 15) is 9.59 Å². The Morgan fingerprint density at radius 1 is 1.06 bits per heavy atom. The zero-order valence-corrected chi connectivity index (χ0v) is 18.0. The third kappa shape index (κ3) is 4.10. The Morgan fingerprint density at radius 2 is 1.82 bits per heavy atom. The summed E-state index contributed by atoms with van der Waals surface area (Å²) in [6.45, 7) is 4.46. The SMILES string of the molecule is CCOC(=O)c1ccc(NC(=O)c2nc(N3CCOCC3)c3oc4ccccc4c3n2)cc1. The first kappa shape index (κ1) is 20.9. The number of amides is 1. The third-order valence-electron chi connectivity index (χ3n) is 5.37. The molecule has 4 aromatic rings. The Balaban J connectivity index is 1.50. The van der Waals surface area contributed by atoms with Crippen molar-refractivity contribution in [3.8, 4) is 0 Å². The molecule has 1 saturated heterocycles. The number of aromatic nitrogens is 2. The van der Waals surface area contributed by atoms with Gasteiger partial charge in [0.15, 0.2) is 11.4 Å². The Labute approximate surface area is 189 Å². The molecule has 168 valence electrons. The van der Waals surface area contributed by atoms with Crippen LogP contribution in [0.2, 0.25) is 0 Å². The second-order valence-corrected chi connectivity index (χ2v) is 7.50. The lowest BCUT2D eigenvalue weighted by atomic mass is 10.2. The molecule has 2 aromatic heterocycles. The van der Waals surface area contributed by atoms with E-state index in [1.807, 2.05) is 29.2 Å². The molecule has 9 heteroatoms. The summed E-state index contributed by atoms with van der Waals surface area (Å²) in [5, 5.41) is 3.62. The van der Waals surface area contributed by atoms with Gasteiger partial charge in [-0.25, -0.2) is 14.8 Å². The zero-order valence-electron chi connectivity index (χ0n) is 18.0. The predicted octanol–water partition coefficient (Wildman–Crippen LogP) is 3.64. The minimum absolute atomic E-state index is 0.0324. The largest absolute Gasteiger partial charge is 0.462 e. The number of hydrogen-bond acceptors (Lipinski definition) is 8. The maximum absolute atomic E-state index is 13.1. The summed E-state index contributed by atoms with van der Waals surface area (Å²) in [5.74, 6) is -0.265. The summed E-state index contributed by atoms with van der Waals surface area (Å²) in [6, 6.07) is 14.0. The van der Waals surface area contributed by atoms with Gasteiger partial charge in [0.05, 0.1) is 25.4 Å². The first-order chi connectivity index (χ1) is 16.1. The van der Waals surface area contributed by atoms with E-state index in [2.05, 4.69) is 15.3 Å². The van der Waals surface area contributed by atoms with Crippen molar-refractivity contribution in [2.75, 3.05) is 43.1 Å². The van der Waals surface area contributed by atoms with Crippen LogP contribution in [0.15, 0.2) is 52.9 Å². The topological polar surface area (TPSA) is 107 Å². The number of carbonyl (C=O) groups is 2. The maximum Gasteiger partial charge on any atom is 0.338 e. The van der Waals surface area contributed by atoms with Gasteiger partial charge < -0.3 is 24.1 Å². The lowest BCUT2D eigenvalue weighted by molar-refractivity contribution is 0.0526. The van der Waals surface area contributed by atoms with Gasteiger partial charge >= 0.3 is 5.97 Å². The van der Waals surface area contributed by atoms with E-state index in [1.165, 1.54) is 0 Å². The monoisotopic (exact) mass is 446 g/mol. The number of fused-ring (bicyclic) bond motifs is 3. The van der Waals surface area contributed by atoms with E-state index in [1.54, 1.807) is 31.2 Å².